The van der Waals surface area contributed by atoms with Gasteiger partial charge in [-0.2, -0.15) is 0 Å². The maximum atomic E-state index is 12.1. The second-order valence-corrected chi connectivity index (χ2v) is 6.64. The first kappa shape index (κ1) is 15.8. The van der Waals surface area contributed by atoms with Gasteiger partial charge < -0.3 is 10.3 Å². The highest BCUT2D eigenvalue weighted by molar-refractivity contribution is 6.02. The Labute approximate surface area is 137 Å². The Bertz CT molecular complexity index is 697. The molecule has 2 aromatic heterocycles. The van der Waals surface area contributed by atoms with Gasteiger partial charge in [-0.3, -0.25) is 9.78 Å². The molecule has 0 aliphatic heterocycles. The SMILES string of the molecule is Cc1c(C(N)=O)c(-c2cccnc2)c(C)n1CC1CCCCC1. The largest absolute Gasteiger partial charge is 0.366 e. The molecule has 23 heavy (non-hydrogen) atoms. The standard InChI is InChI=1S/C19H25N3O/c1-13-17(16-9-6-10-21-11-16)18(19(20)23)14(2)22(13)12-15-7-4-3-5-8-15/h6,9-11,15H,3-5,7-8,12H2,1-2H3,(H2,20,23). The summed E-state index contributed by atoms with van der Waals surface area (Å²) < 4.78 is 2.29. The van der Waals surface area contributed by atoms with Crippen LogP contribution in [0.4, 0.5) is 0 Å². The lowest BCUT2D eigenvalue weighted by Gasteiger charge is -2.23. The molecular weight excluding hydrogens is 286 g/mol. The molecule has 0 spiro atoms. The van der Waals surface area contributed by atoms with Crippen molar-refractivity contribution >= 4 is 5.91 Å². The molecule has 4 heteroatoms. The smallest absolute Gasteiger partial charge is 0.251 e. The highest BCUT2D eigenvalue weighted by Crippen LogP contribution is 2.34. The molecule has 0 atom stereocenters. The molecule has 3 rings (SSSR count). The van der Waals surface area contributed by atoms with Crippen molar-refractivity contribution in [3.8, 4) is 11.1 Å². The van der Waals surface area contributed by atoms with E-state index in [4.69, 9.17) is 5.73 Å². The van der Waals surface area contributed by atoms with Crippen LogP contribution in [0, 0.1) is 19.8 Å². The molecule has 2 N–H and O–H groups in total. The number of primary amides is 1. The fourth-order valence-corrected chi connectivity index (χ4v) is 3.95. The molecule has 4 nitrogen and oxygen atoms in total. The number of nitrogens with two attached hydrogens (primary N) is 1. The summed E-state index contributed by atoms with van der Waals surface area (Å²) in [5, 5.41) is 0. The number of hydrogen-bond donors (Lipinski definition) is 1. The first-order chi connectivity index (χ1) is 11.1. The van der Waals surface area contributed by atoms with E-state index in [-0.39, 0.29) is 5.91 Å². The summed E-state index contributed by atoms with van der Waals surface area (Å²) in [4.78, 5) is 16.3. The van der Waals surface area contributed by atoms with Crippen LogP contribution in [0.1, 0.15) is 53.8 Å². The molecule has 1 amide bonds. The number of pyridine rings is 1. The van der Waals surface area contributed by atoms with Gasteiger partial charge >= 0.3 is 0 Å². The van der Waals surface area contributed by atoms with Crippen LogP contribution in [0.15, 0.2) is 24.5 Å². The Hall–Kier alpha value is -2.10. The molecule has 2 heterocycles. The van der Waals surface area contributed by atoms with Crippen LogP contribution in [0.2, 0.25) is 0 Å². The molecule has 0 bridgehead atoms. The summed E-state index contributed by atoms with van der Waals surface area (Å²) in [7, 11) is 0. The summed E-state index contributed by atoms with van der Waals surface area (Å²) in [6, 6.07) is 3.89. The lowest BCUT2D eigenvalue weighted by Crippen LogP contribution is -2.17. The van der Waals surface area contributed by atoms with E-state index in [1.54, 1.807) is 12.4 Å². The van der Waals surface area contributed by atoms with Gasteiger partial charge in [0.15, 0.2) is 0 Å². The topological polar surface area (TPSA) is 60.9 Å². The fraction of sp³-hybridized carbons (Fsp3) is 0.474. The predicted molar refractivity (Wildman–Crippen MR) is 92.2 cm³/mol. The third-order valence-corrected chi connectivity index (χ3v) is 5.15. The van der Waals surface area contributed by atoms with Crippen molar-refractivity contribution in [3.05, 3.63) is 41.5 Å². The van der Waals surface area contributed by atoms with Crippen molar-refractivity contribution in [1.82, 2.24) is 9.55 Å². The number of rotatable bonds is 4. The van der Waals surface area contributed by atoms with Crippen molar-refractivity contribution in [3.63, 3.8) is 0 Å². The Morgan fingerprint density at radius 2 is 2.00 bits per heavy atom. The van der Waals surface area contributed by atoms with Gasteiger partial charge in [0, 0.05) is 41.5 Å². The van der Waals surface area contributed by atoms with Crippen LogP contribution < -0.4 is 5.73 Å². The molecule has 1 aliphatic rings. The van der Waals surface area contributed by atoms with Crippen molar-refractivity contribution in [2.45, 2.75) is 52.5 Å². The zero-order valence-corrected chi connectivity index (χ0v) is 14.0. The average Bonchev–Trinajstić information content (AvgIpc) is 2.81. The number of carbonyl (C=O) groups is 1. The van der Waals surface area contributed by atoms with E-state index in [0.29, 0.717) is 11.5 Å². The normalized spacial score (nSPS) is 15.7. The van der Waals surface area contributed by atoms with Gasteiger partial charge in [0.25, 0.3) is 5.91 Å². The van der Waals surface area contributed by atoms with Gasteiger partial charge in [0.1, 0.15) is 0 Å². The van der Waals surface area contributed by atoms with E-state index < -0.39 is 0 Å². The second kappa shape index (κ2) is 6.57. The summed E-state index contributed by atoms with van der Waals surface area (Å²) in [5.41, 5.74) is 10.4. The third-order valence-electron chi connectivity index (χ3n) is 5.15. The van der Waals surface area contributed by atoms with Crippen LogP contribution in [-0.2, 0) is 6.54 Å². The molecule has 2 aromatic rings. The molecule has 0 radical (unpaired) electrons. The first-order valence-corrected chi connectivity index (χ1v) is 8.49. The second-order valence-electron chi connectivity index (χ2n) is 6.64. The Morgan fingerprint density at radius 1 is 1.26 bits per heavy atom. The number of aromatic nitrogens is 2. The molecule has 0 saturated heterocycles. The van der Waals surface area contributed by atoms with Crippen molar-refractivity contribution in [2.75, 3.05) is 0 Å². The highest BCUT2D eigenvalue weighted by atomic mass is 16.1. The van der Waals surface area contributed by atoms with Gasteiger partial charge in [-0.15, -0.1) is 0 Å². The van der Waals surface area contributed by atoms with Crippen LogP contribution in [0.5, 0.6) is 0 Å². The average molecular weight is 311 g/mol. The van der Waals surface area contributed by atoms with Crippen LogP contribution in [0.3, 0.4) is 0 Å². The molecule has 0 unspecified atom stereocenters. The fourth-order valence-electron chi connectivity index (χ4n) is 3.95. The quantitative estimate of drug-likeness (QED) is 0.932. The van der Waals surface area contributed by atoms with Gasteiger partial charge in [0.05, 0.1) is 5.56 Å². The summed E-state index contributed by atoms with van der Waals surface area (Å²) >= 11 is 0. The molecule has 1 aliphatic carbocycles. The van der Waals surface area contributed by atoms with Crippen molar-refractivity contribution < 1.29 is 4.79 Å². The summed E-state index contributed by atoms with van der Waals surface area (Å²) in [6.07, 6.45) is 10.1. The number of nitrogens with zero attached hydrogens (tertiary/aromatic N) is 2. The van der Waals surface area contributed by atoms with E-state index in [9.17, 15) is 4.79 Å². The Morgan fingerprint density at radius 3 is 2.61 bits per heavy atom. The van der Waals surface area contributed by atoms with E-state index in [0.717, 1.165) is 29.1 Å². The number of carbonyl (C=O) groups excluding carboxylic acids is 1. The highest BCUT2D eigenvalue weighted by Gasteiger charge is 2.24. The van der Waals surface area contributed by atoms with Crippen LogP contribution in [-0.4, -0.2) is 15.5 Å². The van der Waals surface area contributed by atoms with Gasteiger partial charge in [-0.25, -0.2) is 0 Å². The zero-order valence-electron chi connectivity index (χ0n) is 14.0. The van der Waals surface area contributed by atoms with Gasteiger partial charge in [0.2, 0.25) is 0 Å². The minimum Gasteiger partial charge on any atom is -0.366 e. The number of hydrogen-bond acceptors (Lipinski definition) is 2. The van der Waals surface area contributed by atoms with Gasteiger partial charge in [-0.05, 0) is 38.7 Å². The van der Waals surface area contributed by atoms with Crippen molar-refractivity contribution in [2.24, 2.45) is 11.7 Å². The third kappa shape index (κ3) is 3.03. The van der Waals surface area contributed by atoms with Crippen LogP contribution in [0.25, 0.3) is 11.1 Å². The monoisotopic (exact) mass is 311 g/mol. The summed E-state index contributed by atoms with van der Waals surface area (Å²) in [6.45, 7) is 5.08. The zero-order chi connectivity index (χ0) is 16.4. The Balaban J connectivity index is 2.05. The van der Waals surface area contributed by atoms with Crippen molar-refractivity contribution in [1.29, 1.82) is 0 Å². The van der Waals surface area contributed by atoms with Gasteiger partial charge in [-0.1, -0.05) is 25.3 Å². The lowest BCUT2D eigenvalue weighted by atomic mass is 9.89. The van der Waals surface area contributed by atoms with E-state index >= 15 is 0 Å². The molecule has 1 fully saturated rings. The van der Waals surface area contributed by atoms with E-state index in [2.05, 4.69) is 16.5 Å². The molecule has 1 saturated carbocycles. The first-order valence-electron chi connectivity index (χ1n) is 8.49. The van der Waals surface area contributed by atoms with E-state index in [1.165, 1.54) is 32.1 Å². The minimum atomic E-state index is -0.355. The minimum absolute atomic E-state index is 0.355. The maximum absolute atomic E-state index is 12.1. The summed E-state index contributed by atoms with van der Waals surface area (Å²) in [5.74, 6) is 0.350. The van der Waals surface area contributed by atoms with Crippen LogP contribution >= 0.6 is 0 Å². The molecule has 0 aromatic carbocycles. The lowest BCUT2D eigenvalue weighted by molar-refractivity contribution is 0.1000. The van der Waals surface area contributed by atoms with E-state index in [1.807, 2.05) is 19.1 Å². The Kier molecular flexibility index (Phi) is 4.51. The maximum Gasteiger partial charge on any atom is 0.251 e. The molecular formula is C19H25N3O. The number of amides is 1. The molecule has 122 valence electrons. The predicted octanol–water partition coefficient (Wildman–Crippen LogP) is 3.85.